The van der Waals surface area contributed by atoms with Crippen molar-refractivity contribution in [3.05, 3.63) is 0 Å². The Morgan fingerprint density at radius 3 is 0.724 bits per heavy atom. The smallest absolute Gasteiger partial charge is 0.462 e. The lowest BCUT2D eigenvalue weighted by Gasteiger charge is -2.21. The molecule has 0 aliphatic carbocycles. The lowest BCUT2D eigenvalue weighted by Crippen LogP contribution is -2.30. The van der Waals surface area contributed by atoms with Crippen molar-refractivity contribution in [1.29, 1.82) is 0 Å². The molecule has 19 heteroatoms. The number of rotatable bonds is 76. The van der Waals surface area contributed by atoms with E-state index in [4.69, 9.17) is 37.0 Å². The third-order valence-electron chi connectivity index (χ3n) is 18.7. The van der Waals surface area contributed by atoms with Crippen molar-refractivity contribution in [2.75, 3.05) is 39.6 Å². The highest BCUT2D eigenvalue weighted by Gasteiger charge is 2.30. The van der Waals surface area contributed by atoms with Crippen molar-refractivity contribution in [2.24, 2.45) is 23.7 Å². The van der Waals surface area contributed by atoms with E-state index in [1.807, 2.05) is 0 Å². The Balaban J connectivity index is 5.23. The van der Waals surface area contributed by atoms with Gasteiger partial charge in [-0.05, 0) is 49.4 Å². The summed E-state index contributed by atoms with van der Waals surface area (Å²) in [6.45, 7) is 14.2. The fourth-order valence-electron chi connectivity index (χ4n) is 12.0. The molecule has 0 aliphatic heterocycles. The molecule has 0 rings (SSSR count). The number of hydrogen-bond acceptors (Lipinski definition) is 15. The normalized spacial score (nSPS) is 14.3. The van der Waals surface area contributed by atoms with Crippen molar-refractivity contribution >= 4 is 39.5 Å². The molecule has 6 atom stereocenters. The summed E-state index contributed by atoms with van der Waals surface area (Å²) in [5, 5.41) is 10.6. The monoisotopic (exact) mass is 1440 g/mol. The lowest BCUT2D eigenvalue weighted by atomic mass is 9.99. The fourth-order valence-corrected chi connectivity index (χ4v) is 13.6. The topological polar surface area (TPSA) is 237 Å². The van der Waals surface area contributed by atoms with E-state index in [9.17, 15) is 43.2 Å². The molecule has 3 unspecified atom stereocenters. The lowest BCUT2D eigenvalue weighted by molar-refractivity contribution is -0.161. The third-order valence-corrected chi connectivity index (χ3v) is 20.6. The first-order chi connectivity index (χ1) is 47.1. The first kappa shape index (κ1) is 96.1. The minimum atomic E-state index is -4.96. The van der Waals surface area contributed by atoms with Gasteiger partial charge in [-0.1, -0.05) is 351 Å². The highest BCUT2D eigenvalue weighted by atomic mass is 31.2. The van der Waals surface area contributed by atoms with E-state index < -0.39 is 97.5 Å². The molecule has 0 saturated carbocycles. The number of phosphoric acid groups is 2. The van der Waals surface area contributed by atoms with Crippen LogP contribution in [0.4, 0.5) is 0 Å². The van der Waals surface area contributed by atoms with Gasteiger partial charge in [-0.15, -0.1) is 0 Å². The second-order valence-corrected chi connectivity index (χ2v) is 33.0. The van der Waals surface area contributed by atoms with Gasteiger partial charge < -0.3 is 33.8 Å². The van der Waals surface area contributed by atoms with E-state index in [2.05, 4.69) is 55.4 Å². The average Bonchev–Trinajstić information content (AvgIpc) is 1.03. The minimum Gasteiger partial charge on any atom is -0.462 e. The molecular weight excluding hydrogens is 1280 g/mol. The molecule has 0 aromatic rings. The average molecular weight is 1440 g/mol. The zero-order valence-corrected chi connectivity index (χ0v) is 66.2. The fraction of sp³-hybridized carbons (Fsp3) is 0.949. The van der Waals surface area contributed by atoms with Crippen LogP contribution in [0.3, 0.4) is 0 Å². The van der Waals surface area contributed by atoms with Gasteiger partial charge in [0.25, 0.3) is 0 Å². The van der Waals surface area contributed by atoms with E-state index in [-0.39, 0.29) is 25.7 Å². The Kier molecular flexibility index (Phi) is 66.8. The standard InChI is InChI=1S/C79H154O17P2/c1-9-72(8)58-50-42-33-27-21-14-10-11-15-22-28-34-43-51-59-76(81)89-65-74(95-78(83)62-54-46-36-30-24-18-17-20-26-32-40-48-56-70(4)5)67-93-97(85,86)91-63-73(80)64-92-98(87,88)94-68-75(66-90-77(82)60-52-44-38-37-41-49-57-71(6)7)96-79(84)61-53-45-35-29-23-16-12-13-19-25-31-39-47-55-69(2)3/h69-75,80H,9-68H2,1-8H3,(H,85,86)(H,87,88)/t72?,73-,74-,75-/m1/s1. The van der Waals surface area contributed by atoms with Crippen molar-refractivity contribution < 1.29 is 80.2 Å². The van der Waals surface area contributed by atoms with Gasteiger partial charge in [0.1, 0.15) is 19.3 Å². The molecule has 0 bridgehead atoms. The van der Waals surface area contributed by atoms with Crippen LogP contribution in [0.2, 0.25) is 0 Å². The largest absolute Gasteiger partial charge is 0.472 e. The van der Waals surface area contributed by atoms with Crippen LogP contribution >= 0.6 is 15.6 Å². The second kappa shape index (κ2) is 68.2. The number of ether oxygens (including phenoxy) is 4. The van der Waals surface area contributed by atoms with Crippen LogP contribution < -0.4 is 0 Å². The predicted octanol–water partition coefficient (Wildman–Crippen LogP) is 23.2. The van der Waals surface area contributed by atoms with Crippen molar-refractivity contribution in [3.63, 3.8) is 0 Å². The van der Waals surface area contributed by atoms with Crippen molar-refractivity contribution in [1.82, 2.24) is 0 Å². The number of carbonyl (C=O) groups excluding carboxylic acids is 4. The Morgan fingerprint density at radius 2 is 0.490 bits per heavy atom. The van der Waals surface area contributed by atoms with E-state index >= 15 is 0 Å². The Morgan fingerprint density at radius 1 is 0.286 bits per heavy atom. The zero-order chi connectivity index (χ0) is 72.4. The Labute approximate surface area is 600 Å². The molecule has 0 amide bonds. The van der Waals surface area contributed by atoms with Crippen LogP contribution in [-0.2, 0) is 65.4 Å². The summed E-state index contributed by atoms with van der Waals surface area (Å²) in [4.78, 5) is 72.9. The summed E-state index contributed by atoms with van der Waals surface area (Å²) < 4.78 is 68.6. The van der Waals surface area contributed by atoms with Crippen molar-refractivity contribution in [2.45, 2.75) is 420 Å². The van der Waals surface area contributed by atoms with Crippen LogP contribution in [0.5, 0.6) is 0 Å². The third kappa shape index (κ3) is 71.1. The molecule has 582 valence electrons. The molecule has 0 aromatic heterocycles. The maximum absolute atomic E-state index is 13.1. The van der Waals surface area contributed by atoms with E-state index in [1.165, 1.54) is 199 Å². The van der Waals surface area contributed by atoms with Gasteiger partial charge in [-0.3, -0.25) is 37.3 Å². The molecular formula is C79H154O17P2. The Hall–Kier alpha value is -1.94. The summed E-state index contributed by atoms with van der Waals surface area (Å²) in [5.41, 5.74) is 0. The predicted molar refractivity (Wildman–Crippen MR) is 400 cm³/mol. The SMILES string of the molecule is CCC(C)CCCCCCCCCCCCCCCCC(=O)OC[C@H](COP(=O)(O)OC[C@@H](O)COP(=O)(O)OC[C@@H](COC(=O)CCCCCCCCC(C)C)OC(=O)CCCCCCCCCCCCCCCC(C)C)OC(=O)CCCCCCCCCCCCCCC(C)C. The first-order valence-corrected chi connectivity index (χ1v) is 43.7. The van der Waals surface area contributed by atoms with Gasteiger partial charge in [0.2, 0.25) is 0 Å². The molecule has 98 heavy (non-hydrogen) atoms. The summed E-state index contributed by atoms with van der Waals surface area (Å²) in [7, 11) is -9.92. The van der Waals surface area contributed by atoms with Gasteiger partial charge >= 0.3 is 39.5 Å². The van der Waals surface area contributed by atoms with E-state index in [1.54, 1.807) is 0 Å². The van der Waals surface area contributed by atoms with Crippen LogP contribution in [0.15, 0.2) is 0 Å². The van der Waals surface area contributed by atoms with Gasteiger partial charge in [0.05, 0.1) is 26.4 Å². The molecule has 0 aromatic carbocycles. The molecule has 0 saturated heterocycles. The number of carbonyl (C=O) groups is 4. The van der Waals surface area contributed by atoms with Crippen LogP contribution in [0, 0.1) is 23.7 Å². The zero-order valence-electron chi connectivity index (χ0n) is 64.4. The number of aliphatic hydroxyl groups excluding tert-OH is 1. The maximum Gasteiger partial charge on any atom is 0.472 e. The molecule has 17 nitrogen and oxygen atoms in total. The van der Waals surface area contributed by atoms with Crippen molar-refractivity contribution in [3.8, 4) is 0 Å². The highest BCUT2D eigenvalue weighted by molar-refractivity contribution is 7.47. The number of hydrogen-bond donors (Lipinski definition) is 3. The quantitative estimate of drug-likeness (QED) is 0.0222. The van der Waals surface area contributed by atoms with Gasteiger partial charge in [-0.2, -0.15) is 0 Å². The highest BCUT2D eigenvalue weighted by Crippen LogP contribution is 2.45. The molecule has 0 fully saturated rings. The summed E-state index contributed by atoms with van der Waals surface area (Å²) >= 11 is 0. The maximum atomic E-state index is 13.1. The van der Waals surface area contributed by atoms with Crippen LogP contribution in [-0.4, -0.2) is 96.7 Å². The van der Waals surface area contributed by atoms with E-state index in [0.29, 0.717) is 31.6 Å². The van der Waals surface area contributed by atoms with E-state index in [0.717, 1.165) is 114 Å². The molecule has 0 aliphatic rings. The summed E-state index contributed by atoms with van der Waals surface area (Å²) in [5.74, 6) is 0.975. The second-order valence-electron chi connectivity index (χ2n) is 30.1. The number of unbranched alkanes of at least 4 members (excludes halogenated alkanes) is 41. The Bertz CT molecular complexity index is 1920. The van der Waals surface area contributed by atoms with Crippen LogP contribution in [0.1, 0.15) is 402 Å². The number of aliphatic hydroxyl groups is 1. The summed E-state index contributed by atoms with van der Waals surface area (Å²) in [6, 6.07) is 0. The van der Waals surface area contributed by atoms with Gasteiger partial charge in [0.15, 0.2) is 12.2 Å². The molecule has 3 N–H and O–H groups in total. The molecule has 0 spiro atoms. The molecule has 0 radical (unpaired) electrons. The van der Waals surface area contributed by atoms with Gasteiger partial charge in [0, 0.05) is 25.7 Å². The minimum absolute atomic E-state index is 0.106. The first-order valence-electron chi connectivity index (χ1n) is 40.7. The van der Waals surface area contributed by atoms with Gasteiger partial charge in [-0.25, -0.2) is 9.13 Å². The molecule has 0 heterocycles. The number of phosphoric ester groups is 2. The van der Waals surface area contributed by atoms with Crippen LogP contribution in [0.25, 0.3) is 0 Å². The summed E-state index contributed by atoms with van der Waals surface area (Å²) in [6.07, 6.45) is 54.2. The number of esters is 4.